The first-order chi connectivity index (χ1) is 10.7. The minimum atomic E-state index is 0.0433. The van der Waals surface area contributed by atoms with E-state index >= 15 is 0 Å². The van der Waals surface area contributed by atoms with Gasteiger partial charge in [-0.3, -0.25) is 4.79 Å². The first-order valence-corrected chi connectivity index (χ1v) is 8.44. The number of rotatable bonds is 3. The van der Waals surface area contributed by atoms with Crippen molar-refractivity contribution in [1.82, 2.24) is 5.32 Å². The second-order valence-corrected chi connectivity index (χ2v) is 7.69. The van der Waals surface area contributed by atoms with Crippen molar-refractivity contribution in [3.63, 3.8) is 0 Å². The summed E-state index contributed by atoms with van der Waals surface area (Å²) in [5, 5.41) is 12.2. The summed E-state index contributed by atoms with van der Waals surface area (Å²) < 4.78 is 0. The quantitative estimate of drug-likeness (QED) is 0.928. The van der Waals surface area contributed by atoms with Gasteiger partial charge in [0.1, 0.15) is 0 Å². The summed E-state index contributed by atoms with van der Waals surface area (Å²) in [6.07, 6.45) is 8.01. The number of hydrogen-bond acceptors (Lipinski definition) is 2. The molecule has 4 saturated carbocycles. The van der Waals surface area contributed by atoms with Crippen LogP contribution in [0, 0.1) is 29.1 Å². The van der Waals surface area contributed by atoms with Crippen LogP contribution in [-0.2, 0) is 6.42 Å². The highest BCUT2D eigenvalue weighted by atomic mass is 16.1. The highest BCUT2D eigenvalue weighted by Gasteiger charge is 2.51. The lowest BCUT2D eigenvalue weighted by Crippen LogP contribution is -2.59. The molecule has 4 aliphatic carbocycles. The van der Waals surface area contributed by atoms with Crippen LogP contribution in [0.3, 0.4) is 0 Å². The highest BCUT2D eigenvalue weighted by Crippen LogP contribution is 2.55. The van der Waals surface area contributed by atoms with E-state index in [4.69, 9.17) is 5.26 Å². The Morgan fingerprint density at radius 3 is 2.41 bits per heavy atom. The standard InChI is InChI=1S/C19H22N2O/c20-5-4-13-2-1-3-17(9-13)18(22)21-19-10-14-6-15(11-19)8-16(7-14)12-19/h1-3,9,14-16H,4,6-8,10-12H2,(H,21,22). The third-order valence-electron chi connectivity index (χ3n) is 5.89. The van der Waals surface area contributed by atoms with E-state index in [1.807, 2.05) is 24.3 Å². The average Bonchev–Trinajstić information content (AvgIpc) is 2.46. The number of nitrogens with one attached hydrogen (secondary N) is 1. The van der Waals surface area contributed by atoms with Crippen molar-refractivity contribution in [2.45, 2.75) is 50.5 Å². The van der Waals surface area contributed by atoms with Crippen molar-refractivity contribution >= 4 is 5.91 Å². The number of hydrogen-bond donors (Lipinski definition) is 1. The van der Waals surface area contributed by atoms with Gasteiger partial charge in [-0.05, 0) is 74.0 Å². The molecule has 4 fully saturated rings. The van der Waals surface area contributed by atoms with E-state index in [1.165, 1.54) is 38.5 Å². The van der Waals surface area contributed by atoms with Gasteiger partial charge in [0.05, 0.1) is 12.5 Å². The summed E-state index contributed by atoms with van der Waals surface area (Å²) in [5.41, 5.74) is 1.67. The first kappa shape index (κ1) is 13.8. The fourth-order valence-corrected chi connectivity index (χ4v) is 5.49. The van der Waals surface area contributed by atoms with Gasteiger partial charge in [0.15, 0.2) is 0 Å². The van der Waals surface area contributed by atoms with Crippen molar-refractivity contribution in [2.75, 3.05) is 0 Å². The summed E-state index contributed by atoms with van der Waals surface area (Å²) in [6.45, 7) is 0. The fourth-order valence-electron chi connectivity index (χ4n) is 5.49. The van der Waals surface area contributed by atoms with Crippen molar-refractivity contribution in [3.8, 4) is 6.07 Å². The number of benzene rings is 1. The van der Waals surface area contributed by atoms with Crippen LogP contribution >= 0.6 is 0 Å². The zero-order valence-corrected chi connectivity index (χ0v) is 12.8. The third kappa shape index (κ3) is 2.41. The minimum Gasteiger partial charge on any atom is -0.347 e. The van der Waals surface area contributed by atoms with Crippen molar-refractivity contribution in [1.29, 1.82) is 5.26 Å². The number of carbonyl (C=O) groups is 1. The molecule has 0 aliphatic heterocycles. The number of amides is 1. The SMILES string of the molecule is N#CCc1cccc(C(=O)NC23CC4CC(CC(C4)C2)C3)c1. The molecular weight excluding hydrogens is 272 g/mol. The van der Waals surface area contributed by atoms with E-state index in [-0.39, 0.29) is 11.4 Å². The van der Waals surface area contributed by atoms with Gasteiger partial charge in [0.2, 0.25) is 0 Å². The maximum Gasteiger partial charge on any atom is 0.251 e. The van der Waals surface area contributed by atoms with Crippen LogP contribution in [0.5, 0.6) is 0 Å². The normalized spacial score (nSPS) is 35.1. The van der Waals surface area contributed by atoms with Crippen LogP contribution in [0.15, 0.2) is 24.3 Å². The molecule has 0 aromatic heterocycles. The molecule has 0 spiro atoms. The second-order valence-electron chi connectivity index (χ2n) is 7.69. The van der Waals surface area contributed by atoms with Gasteiger partial charge in [-0.25, -0.2) is 0 Å². The van der Waals surface area contributed by atoms with Crippen molar-refractivity contribution in [3.05, 3.63) is 35.4 Å². The lowest BCUT2D eigenvalue weighted by atomic mass is 9.53. The van der Waals surface area contributed by atoms with E-state index in [0.717, 1.165) is 23.3 Å². The molecule has 4 bridgehead atoms. The summed E-state index contributed by atoms with van der Waals surface area (Å²) >= 11 is 0. The van der Waals surface area contributed by atoms with Crippen LogP contribution in [-0.4, -0.2) is 11.4 Å². The predicted molar refractivity (Wildman–Crippen MR) is 84.1 cm³/mol. The maximum atomic E-state index is 12.7. The van der Waals surface area contributed by atoms with Gasteiger partial charge < -0.3 is 5.32 Å². The smallest absolute Gasteiger partial charge is 0.251 e. The van der Waals surface area contributed by atoms with Crippen molar-refractivity contribution in [2.24, 2.45) is 17.8 Å². The molecule has 0 atom stereocenters. The molecule has 0 saturated heterocycles. The molecule has 3 heteroatoms. The molecule has 1 N–H and O–H groups in total. The van der Waals surface area contributed by atoms with E-state index in [9.17, 15) is 4.79 Å². The van der Waals surface area contributed by atoms with Crippen LogP contribution in [0.2, 0.25) is 0 Å². The Kier molecular flexibility index (Phi) is 3.22. The van der Waals surface area contributed by atoms with E-state index in [1.54, 1.807) is 0 Å². The van der Waals surface area contributed by atoms with Gasteiger partial charge in [0.25, 0.3) is 5.91 Å². The average molecular weight is 294 g/mol. The molecular formula is C19H22N2O. The number of nitriles is 1. The monoisotopic (exact) mass is 294 g/mol. The lowest BCUT2D eigenvalue weighted by molar-refractivity contribution is -0.0167. The van der Waals surface area contributed by atoms with E-state index < -0.39 is 0 Å². The molecule has 0 heterocycles. The molecule has 1 aromatic rings. The molecule has 1 amide bonds. The molecule has 1 aromatic carbocycles. The summed E-state index contributed by atoms with van der Waals surface area (Å²) in [5.74, 6) is 2.53. The van der Waals surface area contributed by atoms with Gasteiger partial charge in [-0.2, -0.15) is 5.26 Å². The molecule has 4 aliphatic rings. The third-order valence-corrected chi connectivity index (χ3v) is 5.89. The maximum absolute atomic E-state index is 12.7. The Hall–Kier alpha value is -1.82. The zero-order valence-electron chi connectivity index (χ0n) is 12.8. The Balaban J connectivity index is 1.52. The van der Waals surface area contributed by atoms with Crippen LogP contribution in [0.25, 0.3) is 0 Å². The van der Waals surface area contributed by atoms with Gasteiger partial charge in [-0.15, -0.1) is 0 Å². The highest BCUT2D eigenvalue weighted by molar-refractivity contribution is 5.95. The molecule has 0 unspecified atom stereocenters. The van der Waals surface area contributed by atoms with Gasteiger partial charge in [-0.1, -0.05) is 12.1 Å². The molecule has 5 rings (SSSR count). The largest absolute Gasteiger partial charge is 0.347 e. The molecule has 0 radical (unpaired) electrons. The minimum absolute atomic E-state index is 0.0433. The summed E-state index contributed by atoms with van der Waals surface area (Å²) in [7, 11) is 0. The Bertz CT molecular complexity index is 608. The summed E-state index contributed by atoms with van der Waals surface area (Å²) in [6, 6.07) is 9.65. The van der Waals surface area contributed by atoms with Crippen LogP contribution in [0.1, 0.15) is 54.4 Å². The van der Waals surface area contributed by atoms with E-state index in [2.05, 4.69) is 11.4 Å². The molecule has 3 nitrogen and oxygen atoms in total. The fraction of sp³-hybridized carbons (Fsp3) is 0.579. The predicted octanol–water partition coefficient (Wildman–Crippen LogP) is 3.45. The molecule has 22 heavy (non-hydrogen) atoms. The topological polar surface area (TPSA) is 52.9 Å². The second kappa shape index (κ2) is 5.12. The van der Waals surface area contributed by atoms with E-state index in [0.29, 0.717) is 12.0 Å². The number of carbonyl (C=O) groups excluding carboxylic acids is 1. The number of nitrogens with zero attached hydrogens (tertiary/aromatic N) is 1. The van der Waals surface area contributed by atoms with Gasteiger partial charge >= 0.3 is 0 Å². The van der Waals surface area contributed by atoms with Crippen molar-refractivity contribution < 1.29 is 4.79 Å². The Morgan fingerprint density at radius 2 is 1.82 bits per heavy atom. The lowest BCUT2D eigenvalue weighted by Gasteiger charge is -2.56. The summed E-state index contributed by atoms with van der Waals surface area (Å²) in [4.78, 5) is 12.7. The van der Waals surface area contributed by atoms with Gasteiger partial charge in [0, 0.05) is 11.1 Å². The van der Waals surface area contributed by atoms with Crippen LogP contribution in [0.4, 0.5) is 0 Å². The Labute approximate surface area is 131 Å². The Morgan fingerprint density at radius 1 is 1.18 bits per heavy atom. The molecule has 114 valence electrons. The first-order valence-electron chi connectivity index (χ1n) is 8.44. The van der Waals surface area contributed by atoms with Crippen LogP contribution < -0.4 is 5.32 Å². The zero-order chi connectivity index (χ0) is 15.2.